The molecule has 0 bridgehead atoms. The maximum atomic E-state index is 12.0. The highest BCUT2D eigenvalue weighted by atomic mass is 16.7. The van der Waals surface area contributed by atoms with Crippen molar-refractivity contribution in [2.75, 3.05) is 6.61 Å². The molecule has 2 N–H and O–H groups in total. The van der Waals surface area contributed by atoms with Gasteiger partial charge in [0.05, 0.1) is 13.0 Å². The van der Waals surface area contributed by atoms with E-state index in [0.717, 1.165) is 6.42 Å². The van der Waals surface area contributed by atoms with Crippen LogP contribution in [0.25, 0.3) is 0 Å². The van der Waals surface area contributed by atoms with E-state index in [1.807, 2.05) is 0 Å². The van der Waals surface area contributed by atoms with Gasteiger partial charge >= 0.3 is 11.5 Å². The van der Waals surface area contributed by atoms with E-state index in [4.69, 9.17) is 15.2 Å². The van der Waals surface area contributed by atoms with E-state index >= 15 is 0 Å². The molecule has 0 saturated carbocycles. The van der Waals surface area contributed by atoms with Gasteiger partial charge in [0.2, 0.25) is 6.29 Å². The van der Waals surface area contributed by atoms with Crippen LogP contribution >= 0.6 is 0 Å². The molecule has 98 valence electrons. The number of nitro groups is 1. The number of rotatable bonds is 3. The van der Waals surface area contributed by atoms with E-state index in [-0.39, 0.29) is 12.1 Å². The summed E-state index contributed by atoms with van der Waals surface area (Å²) in [5, 5.41) is 11.2. The van der Waals surface area contributed by atoms with Crippen molar-refractivity contribution in [1.82, 2.24) is 0 Å². The number of hydrogen-bond acceptors (Lipinski definition) is 6. The Balaban J connectivity index is 2.15. The largest absolute Gasteiger partial charge is 0.430 e. The SMILES string of the molecule is NC1=CC=CC(C(=O)OC2CCCO2)([N+](=O)[O-])C1. The normalized spacial score (nSPS) is 30.9. The van der Waals surface area contributed by atoms with Gasteiger partial charge in [-0.05, 0) is 12.5 Å². The zero-order valence-electron chi connectivity index (χ0n) is 9.70. The minimum Gasteiger partial charge on any atom is -0.430 e. The topological polar surface area (TPSA) is 105 Å². The Morgan fingerprint density at radius 2 is 2.44 bits per heavy atom. The van der Waals surface area contributed by atoms with Crippen molar-refractivity contribution in [3.63, 3.8) is 0 Å². The van der Waals surface area contributed by atoms with E-state index < -0.39 is 22.7 Å². The molecule has 1 aliphatic carbocycles. The zero-order chi connectivity index (χ0) is 13.2. The molecular formula is C11H14N2O5. The average Bonchev–Trinajstić information content (AvgIpc) is 2.81. The lowest BCUT2D eigenvalue weighted by molar-refractivity contribution is -0.541. The first kappa shape index (κ1) is 12.6. The van der Waals surface area contributed by atoms with Gasteiger partial charge in [0.15, 0.2) is 0 Å². The van der Waals surface area contributed by atoms with E-state index in [1.165, 1.54) is 18.2 Å². The molecule has 7 heteroatoms. The van der Waals surface area contributed by atoms with Crippen molar-refractivity contribution in [3.05, 3.63) is 34.0 Å². The molecule has 0 aromatic rings. The molecule has 1 aliphatic heterocycles. The third kappa shape index (κ3) is 2.21. The first-order valence-corrected chi connectivity index (χ1v) is 5.66. The summed E-state index contributed by atoms with van der Waals surface area (Å²) in [7, 11) is 0. The number of nitrogens with two attached hydrogens (primary N) is 1. The van der Waals surface area contributed by atoms with Crippen molar-refractivity contribution >= 4 is 5.97 Å². The molecular weight excluding hydrogens is 240 g/mol. The first-order chi connectivity index (χ1) is 8.54. The molecule has 1 fully saturated rings. The third-order valence-corrected chi connectivity index (χ3v) is 2.96. The minimum atomic E-state index is -1.93. The summed E-state index contributed by atoms with van der Waals surface area (Å²) in [5.41, 5.74) is 3.91. The molecule has 1 saturated heterocycles. The molecule has 0 spiro atoms. The van der Waals surface area contributed by atoms with Crippen LogP contribution in [0.5, 0.6) is 0 Å². The van der Waals surface area contributed by atoms with Gasteiger partial charge in [-0.15, -0.1) is 0 Å². The number of esters is 1. The molecule has 2 atom stereocenters. The Morgan fingerprint density at radius 3 is 3.00 bits per heavy atom. The van der Waals surface area contributed by atoms with Gasteiger partial charge in [-0.1, -0.05) is 6.08 Å². The lowest BCUT2D eigenvalue weighted by atomic mass is 9.90. The molecule has 0 aromatic heterocycles. The third-order valence-electron chi connectivity index (χ3n) is 2.96. The second-order valence-corrected chi connectivity index (χ2v) is 4.31. The first-order valence-electron chi connectivity index (χ1n) is 5.66. The molecule has 18 heavy (non-hydrogen) atoms. The van der Waals surface area contributed by atoms with E-state index in [9.17, 15) is 14.9 Å². The monoisotopic (exact) mass is 254 g/mol. The van der Waals surface area contributed by atoms with Gasteiger partial charge in [0, 0.05) is 23.1 Å². The lowest BCUT2D eigenvalue weighted by Crippen LogP contribution is -2.48. The Kier molecular flexibility index (Phi) is 3.33. The Labute approximate surface area is 103 Å². The molecule has 0 amide bonds. The fourth-order valence-electron chi connectivity index (χ4n) is 1.96. The predicted octanol–water partition coefficient (Wildman–Crippen LogP) is 0.484. The van der Waals surface area contributed by atoms with Gasteiger partial charge in [-0.3, -0.25) is 10.1 Å². The van der Waals surface area contributed by atoms with Gasteiger partial charge in [-0.25, -0.2) is 4.79 Å². The maximum Gasteiger partial charge on any atom is 0.391 e. The highest BCUT2D eigenvalue weighted by Crippen LogP contribution is 2.27. The van der Waals surface area contributed by atoms with Crippen LogP contribution in [0, 0.1) is 10.1 Å². The predicted molar refractivity (Wildman–Crippen MR) is 60.8 cm³/mol. The summed E-state index contributed by atoms with van der Waals surface area (Å²) in [4.78, 5) is 22.5. The minimum absolute atomic E-state index is 0.179. The Bertz CT molecular complexity index is 425. The number of carbonyl (C=O) groups excluding carboxylic acids is 1. The number of nitrogens with zero attached hydrogens (tertiary/aromatic N) is 1. The standard InChI is InChI=1S/C11H14N2O5/c12-8-3-1-5-11(7-8,13(15)16)10(14)18-9-4-2-6-17-9/h1,3,5,9H,2,4,6-7,12H2. The van der Waals surface area contributed by atoms with E-state index in [0.29, 0.717) is 13.0 Å². The van der Waals surface area contributed by atoms with Crippen LogP contribution in [0.3, 0.4) is 0 Å². The van der Waals surface area contributed by atoms with Gasteiger partial charge in [-0.2, -0.15) is 0 Å². The fraction of sp³-hybridized carbons (Fsp3) is 0.545. The number of allylic oxidation sites excluding steroid dienone is 2. The number of ether oxygens (including phenoxy) is 2. The van der Waals surface area contributed by atoms with Crippen molar-refractivity contribution in [3.8, 4) is 0 Å². The number of carbonyl (C=O) groups is 1. The van der Waals surface area contributed by atoms with Gasteiger partial charge in [0.25, 0.3) is 0 Å². The smallest absolute Gasteiger partial charge is 0.391 e. The molecule has 2 aliphatic rings. The molecule has 1 heterocycles. The summed E-state index contributed by atoms with van der Waals surface area (Å²) in [6.45, 7) is 0.501. The summed E-state index contributed by atoms with van der Waals surface area (Å²) in [6, 6.07) is 0. The Hall–Kier alpha value is -1.89. The lowest BCUT2D eigenvalue weighted by Gasteiger charge is -2.23. The molecule has 7 nitrogen and oxygen atoms in total. The highest BCUT2D eigenvalue weighted by molar-refractivity contribution is 5.82. The van der Waals surface area contributed by atoms with Crippen molar-refractivity contribution in [2.24, 2.45) is 5.73 Å². The second-order valence-electron chi connectivity index (χ2n) is 4.31. The van der Waals surface area contributed by atoms with Crippen LogP contribution in [0.15, 0.2) is 23.9 Å². The van der Waals surface area contributed by atoms with E-state index in [2.05, 4.69) is 0 Å². The molecule has 2 unspecified atom stereocenters. The zero-order valence-corrected chi connectivity index (χ0v) is 9.70. The fourth-order valence-corrected chi connectivity index (χ4v) is 1.96. The molecule has 0 radical (unpaired) electrons. The van der Waals surface area contributed by atoms with Crippen LogP contribution in [0.1, 0.15) is 19.3 Å². The van der Waals surface area contributed by atoms with Crippen LogP contribution in [0.2, 0.25) is 0 Å². The Morgan fingerprint density at radius 1 is 1.67 bits per heavy atom. The summed E-state index contributed by atoms with van der Waals surface area (Å²) in [5.74, 6) is -0.924. The van der Waals surface area contributed by atoms with Crippen molar-refractivity contribution in [2.45, 2.75) is 31.1 Å². The molecule has 2 rings (SSSR count). The molecule has 0 aromatic carbocycles. The summed E-state index contributed by atoms with van der Waals surface area (Å²) in [6.07, 6.45) is 4.62. The van der Waals surface area contributed by atoms with Crippen molar-refractivity contribution in [1.29, 1.82) is 0 Å². The number of hydrogen-bond donors (Lipinski definition) is 1. The maximum absolute atomic E-state index is 12.0. The highest BCUT2D eigenvalue weighted by Gasteiger charge is 2.52. The van der Waals surface area contributed by atoms with E-state index in [1.54, 1.807) is 0 Å². The van der Waals surface area contributed by atoms with Crippen LogP contribution in [-0.2, 0) is 14.3 Å². The average molecular weight is 254 g/mol. The van der Waals surface area contributed by atoms with Crippen LogP contribution < -0.4 is 5.73 Å². The van der Waals surface area contributed by atoms with Crippen LogP contribution in [-0.4, -0.2) is 29.3 Å². The second kappa shape index (κ2) is 4.77. The van der Waals surface area contributed by atoms with Crippen molar-refractivity contribution < 1.29 is 19.2 Å². The summed E-state index contributed by atoms with van der Waals surface area (Å²) < 4.78 is 10.2. The quantitative estimate of drug-likeness (QED) is 0.446. The van der Waals surface area contributed by atoms with Gasteiger partial charge < -0.3 is 15.2 Å². The van der Waals surface area contributed by atoms with Crippen LogP contribution in [0.4, 0.5) is 0 Å². The summed E-state index contributed by atoms with van der Waals surface area (Å²) >= 11 is 0. The van der Waals surface area contributed by atoms with Gasteiger partial charge in [0.1, 0.15) is 0 Å².